The van der Waals surface area contributed by atoms with E-state index in [1.807, 2.05) is 0 Å². The number of halogens is 4. The summed E-state index contributed by atoms with van der Waals surface area (Å²) in [5.74, 6) is 0.324. The summed E-state index contributed by atoms with van der Waals surface area (Å²) in [6.45, 7) is 0. The molecule has 4 rings (SSSR count). The van der Waals surface area contributed by atoms with Crippen LogP contribution in [0.4, 0.5) is 24.8 Å². The Bertz CT molecular complexity index is 1110. The van der Waals surface area contributed by atoms with E-state index in [1.54, 1.807) is 30.1 Å². The van der Waals surface area contributed by atoms with E-state index in [9.17, 15) is 13.2 Å². The third kappa shape index (κ3) is 2.70. The van der Waals surface area contributed by atoms with Crippen LogP contribution in [0, 0.1) is 0 Å². The lowest BCUT2D eigenvalue weighted by atomic mass is 10.2. The van der Waals surface area contributed by atoms with Crippen molar-refractivity contribution in [2.45, 2.75) is 6.18 Å². The van der Waals surface area contributed by atoms with Crippen molar-refractivity contribution >= 4 is 45.3 Å². The molecule has 0 saturated heterocycles. The van der Waals surface area contributed by atoms with Crippen LogP contribution >= 0.6 is 11.6 Å². The van der Waals surface area contributed by atoms with Gasteiger partial charge in [-0.3, -0.25) is 0 Å². The van der Waals surface area contributed by atoms with Gasteiger partial charge in [0.1, 0.15) is 10.7 Å². The van der Waals surface area contributed by atoms with Gasteiger partial charge in [0.15, 0.2) is 0 Å². The molecule has 0 unspecified atom stereocenters. The van der Waals surface area contributed by atoms with Gasteiger partial charge in [-0.1, -0.05) is 11.6 Å². The van der Waals surface area contributed by atoms with Crippen molar-refractivity contribution in [3.05, 3.63) is 47.2 Å². The highest BCUT2D eigenvalue weighted by molar-refractivity contribution is 6.29. The average Bonchev–Trinajstić information content (AvgIpc) is 3.14. The van der Waals surface area contributed by atoms with Crippen molar-refractivity contribution in [2.24, 2.45) is 0 Å². The Balaban J connectivity index is 1.81. The van der Waals surface area contributed by atoms with Crippen molar-refractivity contribution in [1.29, 1.82) is 0 Å². The van der Waals surface area contributed by atoms with Crippen LogP contribution < -0.4 is 10.7 Å². The zero-order chi connectivity index (χ0) is 18.5. The molecule has 134 valence electrons. The summed E-state index contributed by atoms with van der Waals surface area (Å²) < 4.78 is 40.3. The maximum absolute atomic E-state index is 12.9. The number of imidazole rings is 1. The van der Waals surface area contributed by atoms with Gasteiger partial charge in [0.2, 0.25) is 5.95 Å². The lowest BCUT2D eigenvalue weighted by molar-refractivity contribution is -0.137. The zero-order valence-corrected chi connectivity index (χ0v) is 14.1. The van der Waals surface area contributed by atoms with Crippen LogP contribution in [-0.2, 0) is 6.18 Å². The van der Waals surface area contributed by atoms with E-state index < -0.39 is 11.7 Å². The number of nitrogens with one attached hydrogen (secondary N) is 3. The van der Waals surface area contributed by atoms with E-state index in [4.69, 9.17) is 11.6 Å². The van der Waals surface area contributed by atoms with Crippen LogP contribution in [0.3, 0.4) is 0 Å². The Morgan fingerprint density at radius 1 is 1.15 bits per heavy atom. The van der Waals surface area contributed by atoms with E-state index in [-0.39, 0.29) is 5.52 Å². The van der Waals surface area contributed by atoms with Gasteiger partial charge in [0.25, 0.3) is 0 Å². The van der Waals surface area contributed by atoms with Crippen LogP contribution in [0.2, 0.25) is 5.15 Å². The fourth-order valence-electron chi connectivity index (χ4n) is 2.76. The Morgan fingerprint density at radius 3 is 2.69 bits per heavy atom. The van der Waals surface area contributed by atoms with E-state index in [2.05, 4.69) is 25.7 Å². The number of aromatic amines is 1. The van der Waals surface area contributed by atoms with Crippen LogP contribution in [0.25, 0.3) is 22.1 Å². The highest BCUT2D eigenvalue weighted by Gasteiger charge is 2.31. The molecule has 0 radical (unpaired) electrons. The minimum absolute atomic E-state index is 0.211. The van der Waals surface area contributed by atoms with Crippen molar-refractivity contribution in [2.75, 3.05) is 17.8 Å². The summed E-state index contributed by atoms with van der Waals surface area (Å²) in [5.41, 5.74) is 4.84. The lowest BCUT2D eigenvalue weighted by Crippen LogP contribution is -2.12. The van der Waals surface area contributed by atoms with E-state index in [0.717, 1.165) is 17.6 Å². The van der Waals surface area contributed by atoms with Crippen molar-refractivity contribution in [3.63, 3.8) is 0 Å². The molecular formula is C16H12ClF3N6. The van der Waals surface area contributed by atoms with E-state index >= 15 is 0 Å². The number of alkyl halides is 3. The van der Waals surface area contributed by atoms with Gasteiger partial charge in [-0.25, -0.2) is 14.6 Å². The minimum atomic E-state index is -4.43. The van der Waals surface area contributed by atoms with E-state index in [0.29, 0.717) is 27.8 Å². The quantitative estimate of drug-likeness (QED) is 0.458. The molecule has 3 heterocycles. The van der Waals surface area contributed by atoms with Gasteiger partial charge in [0.05, 0.1) is 27.8 Å². The number of pyridine rings is 1. The standard InChI is InChI=1S/C16H12ClF3N6/c1-21-26-12-4-2-8(16(18,19)20)6-10(12)23-15(26)24-11-7-22-9-3-5-13(17)25-14(9)11/h2-7,21-22H,1H3,(H,23,24). The average molecular weight is 381 g/mol. The first-order valence-electron chi connectivity index (χ1n) is 7.55. The molecule has 3 N–H and O–H groups in total. The summed E-state index contributed by atoms with van der Waals surface area (Å²) in [6, 6.07) is 6.85. The monoisotopic (exact) mass is 380 g/mol. The van der Waals surface area contributed by atoms with Gasteiger partial charge in [-0.05, 0) is 30.3 Å². The van der Waals surface area contributed by atoms with Gasteiger partial charge in [-0.15, -0.1) is 0 Å². The molecule has 0 bridgehead atoms. The fraction of sp³-hybridized carbons (Fsp3) is 0.125. The van der Waals surface area contributed by atoms with Crippen LogP contribution in [0.15, 0.2) is 36.5 Å². The number of rotatable bonds is 3. The number of H-pyrrole nitrogens is 1. The predicted molar refractivity (Wildman–Crippen MR) is 94.4 cm³/mol. The highest BCUT2D eigenvalue weighted by Crippen LogP contribution is 2.33. The molecule has 26 heavy (non-hydrogen) atoms. The first-order valence-corrected chi connectivity index (χ1v) is 7.93. The molecule has 4 aromatic rings. The molecule has 3 aromatic heterocycles. The molecule has 10 heteroatoms. The molecule has 0 fully saturated rings. The predicted octanol–water partition coefficient (Wildman–Crippen LogP) is 4.50. The molecule has 0 amide bonds. The third-order valence-electron chi connectivity index (χ3n) is 3.94. The topological polar surface area (TPSA) is 70.6 Å². The summed E-state index contributed by atoms with van der Waals surface area (Å²) in [7, 11) is 1.65. The van der Waals surface area contributed by atoms with Gasteiger partial charge >= 0.3 is 6.18 Å². The third-order valence-corrected chi connectivity index (χ3v) is 4.15. The Hall–Kier alpha value is -2.94. The van der Waals surface area contributed by atoms with Crippen molar-refractivity contribution in [3.8, 4) is 0 Å². The first-order chi connectivity index (χ1) is 12.4. The second-order valence-electron chi connectivity index (χ2n) is 5.55. The second kappa shape index (κ2) is 5.80. The largest absolute Gasteiger partial charge is 0.416 e. The Labute approximate surface area is 150 Å². The zero-order valence-electron chi connectivity index (χ0n) is 13.3. The highest BCUT2D eigenvalue weighted by atomic mass is 35.5. The van der Waals surface area contributed by atoms with Crippen LogP contribution in [0.1, 0.15) is 5.56 Å². The molecule has 0 spiro atoms. The number of anilines is 2. The van der Waals surface area contributed by atoms with Crippen LogP contribution in [-0.4, -0.2) is 26.7 Å². The lowest BCUT2D eigenvalue weighted by Gasteiger charge is -2.09. The van der Waals surface area contributed by atoms with Crippen molar-refractivity contribution in [1.82, 2.24) is 19.6 Å². The summed E-state index contributed by atoms with van der Waals surface area (Å²) in [5, 5.41) is 3.41. The molecule has 6 nitrogen and oxygen atoms in total. The number of hydrogen-bond donors (Lipinski definition) is 3. The number of benzene rings is 1. The molecular weight excluding hydrogens is 369 g/mol. The summed E-state index contributed by atoms with van der Waals surface area (Å²) in [4.78, 5) is 11.6. The van der Waals surface area contributed by atoms with E-state index in [1.165, 1.54) is 6.07 Å². The van der Waals surface area contributed by atoms with Crippen LogP contribution in [0.5, 0.6) is 0 Å². The minimum Gasteiger partial charge on any atom is -0.358 e. The SMILES string of the molecule is CNn1c(Nc2c[nH]c3ccc(Cl)nc23)nc2cc(C(F)(F)F)ccc21. The number of fused-ring (bicyclic) bond motifs is 2. The number of aromatic nitrogens is 4. The molecule has 0 aliphatic rings. The number of hydrogen-bond acceptors (Lipinski definition) is 4. The molecule has 0 atom stereocenters. The molecule has 0 aliphatic carbocycles. The Morgan fingerprint density at radius 2 is 1.96 bits per heavy atom. The summed E-state index contributed by atoms with van der Waals surface area (Å²) >= 11 is 5.94. The normalized spacial score (nSPS) is 12.0. The van der Waals surface area contributed by atoms with Gasteiger partial charge < -0.3 is 15.7 Å². The number of nitrogens with zero attached hydrogens (tertiary/aromatic N) is 3. The molecule has 1 aromatic carbocycles. The van der Waals surface area contributed by atoms with Gasteiger partial charge in [-0.2, -0.15) is 13.2 Å². The second-order valence-corrected chi connectivity index (χ2v) is 5.94. The van der Waals surface area contributed by atoms with Crippen molar-refractivity contribution < 1.29 is 13.2 Å². The van der Waals surface area contributed by atoms with Gasteiger partial charge in [0, 0.05) is 13.2 Å². The summed E-state index contributed by atoms with van der Waals surface area (Å²) in [6.07, 6.45) is -2.74. The maximum atomic E-state index is 12.9. The first kappa shape index (κ1) is 16.5. The fourth-order valence-corrected chi connectivity index (χ4v) is 2.91. The molecule has 0 saturated carbocycles. The Kier molecular flexibility index (Phi) is 3.69. The smallest absolute Gasteiger partial charge is 0.358 e. The maximum Gasteiger partial charge on any atom is 0.416 e. The molecule has 0 aliphatic heterocycles.